The molecular weight excluding hydrogens is 404 g/mol. The molecule has 156 valence electrons. The van der Waals surface area contributed by atoms with Gasteiger partial charge in [0.1, 0.15) is 18.1 Å². The van der Waals surface area contributed by atoms with Gasteiger partial charge in [-0.05, 0) is 36.8 Å². The molecule has 0 atom stereocenters. The van der Waals surface area contributed by atoms with Crippen molar-refractivity contribution in [3.8, 4) is 11.6 Å². The van der Waals surface area contributed by atoms with Crippen LogP contribution in [-0.4, -0.2) is 39.2 Å². The van der Waals surface area contributed by atoms with Gasteiger partial charge in [-0.1, -0.05) is 11.6 Å². The minimum Gasteiger partial charge on any atom is -0.496 e. The topological polar surface area (TPSA) is 69.5 Å². The number of carbonyl (C=O) groups is 1. The fraction of sp³-hybridized carbons (Fsp3) is 0.318. The molecular formula is C22H23ClN4O3. The molecule has 4 rings (SSSR count). The van der Waals surface area contributed by atoms with E-state index in [1.165, 1.54) is 0 Å². The molecule has 0 saturated heterocycles. The summed E-state index contributed by atoms with van der Waals surface area (Å²) in [6.07, 6.45) is 2.44. The second-order valence-electron chi connectivity index (χ2n) is 7.28. The number of benzene rings is 1. The Kier molecular flexibility index (Phi) is 5.63. The fourth-order valence-corrected chi connectivity index (χ4v) is 3.88. The van der Waals surface area contributed by atoms with Gasteiger partial charge in [0, 0.05) is 55.1 Å². The molecule has 1 amide bonds. The van der Waals surface area contributed by atoms with Crippen molar-refractivity contribution in [1.29, 1.82) is 0 Å². The molecule has 30 heavy (non-hydrogen) atoms. The molecule has 8 heteroatoms. The van der Waals surface area contributed by atoms with Crippen LogP contribution in [0.5, 0.6) is 11.6 Å². The monoisotopic (exact) mass is 426 g/mol. The first-order valence-corrected chi connectivity index (χ1v) is 10.1. The predicted molar refractivity (Wildman–Crippen MR) is 113 cm³/mol. The van der Waals surface area contributed by atoms with Gasteiger partial charge in [-0.2, -0.15) is 5.10 Å². The van der Waals surface area contributed by atoms with Crippen LogP contribution < -0.4 is 9.47 Å². The summed E-state index contributed by atoms with van der Waals surface area (Å²) >= 11 is 6.11. The minimum atomic E-state index is -0.115. The highest BCUT2D eigenvalue weighted by Crippen LogP contribution is 2.28. The lowest BCUT2D eigenvalue weighted by Gasteiger charge is -2.28. The van der Waals surface area contributed by atoms with Crippen molar-refractivity contribution in [2.24, 2.45) is 7.05 Å². The van der Waals surface area contributed by atoms with E-state index in [1.807, 2.05) is 30.8 Å². The predicted octanol–water partition coefficient (Wildman–Crippen LogP) is 3.56. The van der Waals surface area contributed by atoms with Crippen molar-refractivity contribution in [1.82, 2.24) is 19.7 Å². The van der Waals surface area contributed by atoms with E-state index >= 15 is 0 Å². The van der Waals surface area contributed by atoms with Crippen LogP contribution in [-0.2, 0) is 26.6 Å². The molecule has 0 N–H and O–H groups in total. The van der Waals surface area contributed by atoms with Crippen LogP contribution in [0, 0.1) is 6.92 Å². The summed E-state index contributed by atoms with van der Waals surface area (Å²) in [6.45, 7) is 3.34. The molecule has 0 fully saturated rings. The van der Waals surface area contributed by atoms with Crippen molar-refractivity contribution in [2.75, 3.05) is 13.7 Å². The maximum atomic E-state index is 13.2. The Morgan fingerprint density at radius 3 is 2.87 bits per heavy atom. The Morgan fingerprint density at radius 2 is 2.10 bits per heavy atom. The number of rotatable bonds is 5. The number of hydrogen-bond donors (Lipinski definition) is 0. The number of carbonyl (C=O) groups excluding carboxylic acids is 1. The van der Waals surface area contributed by atoms with E-state index in [2.05, 4.69) is 10.1 Å². The second-order valence-corrected chi connectivity index (χ2v) is 7.71. The van der Waals surface area contributed by atoms with E-state index in [0.717, 1.165) is 28.9 Å². The summed E-state index contributed by atoms with van der Waals surface area (Å²) in [5, 5.41) is 5.12. The zero-order chi connectivity index (χ0) is 21.3. The smallest absolute Gasteiger partial charge is 0.257 e. The Bertz CT molecular complexity index is 1100. The van der Waals surface area contributed by atoms with Crippen LogP contribution in [0.3, 0.4) is 0 Å². The molecule has 0 bridgehead atoms. The van der Waals surface area contributed by atoms with Crippen molar-refractivity contribution in [3.05, 3.63) is 69.6 Å². The van der Waals surface area contributed by atoms with E-state index in [-0.39, 0.29) is 5.91 Å². The van der Waals surface area contributed by atoms with E-state index in [1.54, 1.807) is 36.4 Å². The summed E-state index contributed by atoms with van der Waals surface area (Å²) in [4.78, 5) is 19.2. The second kappa shape index (κ2) is 8.36. The van der Waals surface area contributed by atoms with Crippen molar-refractivity contribution < 1.29 is 14.3 Å². The van der Waals surface area contributed by atoms with Gasteiger partial charge in [-0.25, -0.2) is 4.98 Å². The maximum Gasteiger partial charge on any atom is 0.257 e. The average Bonchev–Trinajstić information content (AvgIpc) is 3.06. The molecule has 0 spiro atoms. The molecule has 1 aliphatic rings. The molecule has 0 saturated carbocycles. The highest BCUT2D eigenvalue weighted by Gasteiger charge is 2.29. The highest BCUT2D eigenvalue weighted by molar-refractivity contribution is 6.31. The van der Waals surface area contributed by atoms with Gasteiger partial charge in [0.15, 0.2) is 0 Å². The average molecular weight is 427 g/mol. The van der Waals surface area contributed by atoms with Crippen LogP contribution in [0.15, 0.2) is 36.5 Å². The Hall–Kier alpha value is -3.06. The number of fused-ring (bicyclic) bond motifs is 1. The molecule has 2 aromatic heterocycles. The van der Waals surface area contributed by atoms with Crippen molar-refractivity contribution >= 4 is 17.5 Å². The number of ether oxygens (including phenoxy) is 2. The van der Waals surface area contributed by atoms with E-state index in [0.29, 0.717) is 41.9 Å². The fourth-order valence-electron chi connectivity index (χ4n) is 3.71. The maximum absolute atomic E-state index is 13.2. The minimum absolute atomic E-state index is 0.115. The Balaban J connectivity index is 1.56. The third-order valence-corrected chi connectivity index (χ3v) is 5.49. The summed E-state index contributed by atoms with van der Waals surface area (Å²) in [5.74, 6) is 0.952. The van der Waals surface area contributed by atoms with Crippen LogP contribution >= 0.6 is 11.6 Å². The van der Waals surface area contributed by atoms with E-state index in [9.17, 15) is 4.79 Å². The third-order valence-electron chi connectivity index (χ3n) is 5.25. The van der Waals surface area contributed by atoms with Gasteiger partial charge in [0.2, 0.25) is 5.88 Å². The Labute approximate surface area is 180 Å². The van der Waals surface area contributed by atoms with Crippen LogP contribution in [0.2, 0.25) is 5.02 Å². The van der Waals surface area contributed by atoms with Crippen LogP contribution in [0.4, 0.5) is 0 Å². The molecule has 0 aliphatic carbocycles. The Morgan fingerprint density at radius 1 is 1.27 bits per heavy atom. The standard InChI is InChI=1S/C22H23ClN4O3/c1-14-6-8-24-21(10-14)30-13-18-17-12-27(9-7-19(17)26(2)25-18)22(28)16-11-15(23)4-5-20(16)29-3/h4-6,8,10-11H,7,9,12-13H2,1-3H3. The summed E-state index contributed by atoms with van der Waals surface area (Å²) in [5.41, 5.74) is 4.49. The number of halogens is 1. The first-order chi connectivity index (χ1) is 14.5. The molecule has 7 nitrogen and oxygen atoms in total. The molecule has 3 aromatic rings. The molecule has 1 aliphatic heterocycles. The van der Waals surface area contributed by atoms with E-state index in [4.69, 9.17) is 21.1 Å². The lowest BCUT2D eigenvalue weighted by atomic mass is 10.0. The number of hydrogen-bond acceptors (Lipinski definition) is 5. The summed E-state index contributed by atoms with van der Waals surface area (Å²) in [6, 6.07) is 8.87. The van der Waals surface area contributed by atoms with Gasteiger partial charge in [0.25, 0.3) is 5.91 Å². The lowest BCUT2D eigenvalue weighted by molar-refractivity contribution is 0.0729. The zero-order valence-electron chi connectivity index (χ0n) is 17.2. The third kappa shape index (κ3) is 3.98. The van der Waals surface area contributed by atoms with Gasteiger partial charge < -0.3 is 14.4 Å². The number of methoxy groups -OCH3 is 1. The first kappa shape index (κ1) is 20.2. The quantitative estimate of drug-likeness (QED) is 0.623. The molecule has 3 heterocycles. The van der Waals surface area contributed by atoms with Crippen molar-refractivity contribution in [3.63, 3.8) is 0 Å². The molecule has 1 aromatic carbocycles. The molecule has 0 unspecified atom stereocenters. The lowest BCUT2D eigenvalue weighted by Crippen LogP contribution is -2.36. The number of amides is 1. The van der Waals surface area contributed by atoms with Crippen molar-refractivity contribution in [2.45, 2.75) is 26.5 Å². The van der Waals surface area contributed by atoms with Gasteiger partial charge >= 0.3 is 0 Å². The normalized spacial score (nSPS) is 13.1. The summed E-state index contributed by atoms with van der Waals surface area (Å²) < 4.78 is 13.1. The van der Waals surface area contributed by atoms with Gasteiger partial charge in [0.05, 0.1) is 12.7 Å². The first-order valence-electron chi connectivity index (χ1n) is 9.68. The number of nitrogens with zero attached hydrogens (tertiary/aromatic N) is 4. The van der Waals surface area contributed by atoms with Gasteiger partial charge in [-0.3, -0.25) is 9.48 Å². The number of aromatic nitrogens is 3. The number of aryl methyl sites for hydroxylation is 2. The summed E-state index contributed by atoms with van der Waals surface area (Å²) in [7, 11) is 3.47. The molecule has 0 radical (unpaired) electrons. The zero-order valence-corrected chi connectivity index (χ0v) is 17.9. The van der Waals surface area contributed by atoms with Gasteiger partial charge in [-0.15, -0.1) is 0 Å². The van der Waals surface area contributed by atoms with Crippen LogP contribution in [0.1, 0.15) is 32.9 Å². The number of pyridine rings is 1. The van der Waals surface area contributed by atoms with E-state index < -0.39 is 0 Å². The van der Waals surface area contributed by atoms with Crippen LogP contribution in [0.25, 0.3) is 0 Å². The largest absolute Gasteiger partial charge is 0.496 e. The highest BCUT2D eigenvalue weighted by atomic mass is 35.5. The SMILES string of the molecule is COc1ccc(Cl)cc1C(=O)N1CCc2c(c(COc3cc(C)ccn3)nn2C)C1.